The Morgan fingerprint density at radius 3 is 2.62 bits per heavy atom. The maximum Gasteiger partial charge on any atom is 0.340 e. The summed E-state index contributed by atoms with van der Waals surface area (Å²) in [5.41, 5.74) is -0.649. The molecule has 4 nitrogen and oxygen atoms in total. The van der Waals surface area contributed by atoms with Gasteiger partial charge in [0, 0.05) is 6.07 Å². The van der Waals surface area contributed by atoms with Crippen molar-refractivity contribution in [2.45, 2.75) is 6.92 Å². The molecule has 1 rings (SSSR count). The van der Waals surface area contributed by atoms with E-state index >= 15 is 0 Å². The van der Waals surface area contributed by atoms with Crippen LogP contribution >= 0.6 is 11.6 Å². The van der Waals surface area contributed by atoms with E-state index in [1.807, 2.05) is 0 Å². The first-order valence-electron chi connectivity index (χ1n) is 4.45. The van der Waals surface area contributed by atoms with Crippen LogP contribution in [0.4, 0.5) is 4.39 Å². The van der Waals surface area contributed by atoms with E-state index in [9.17, 15) is 9.18 Å². The molecule has 1 aromatic rings. The number of carboxylic acid groups (broad SMARTS) is 1. The van der Waals surface area contributed by atoms with Gasteiger partial charge in [0.05, 0.1) is 13.7 Å². The Morgan fingerprint density at radius 1 is 1.56 bits per heavy atom. The van der Waals surface area contributed by atoms with Crippen molar-refractivity contribution >= 4 is 17.6 Å². The van der Waals surface area contributed by atoms with Gasteiger partial charge in [-0.05, 0) is 6.92 Å². The van der Waals surface area contributed by atoms with Crippen LogP contribution in [0.1, 0.15) is 17.3 Å². The first-order valence-corrected chi connectivity index (χ1v) is 4.82. The fourth-order valence-electron chi connectivity index (χ4n) is 1.19. The second-order valence-electron chi connectivity index (χ2n) is 2.82. The van der Waals surface area contributed by atoms with Gasteiger partial charge in [0.15, 0.2) is 11.6 Å². The van der Waals surface area contributed by atoms with Crippen molar-refractivity contribution in [3.05, 3.63) is 22.5 Å². The van der Waals surface area contributed by atoms with Gasteiger partial charge in [-0.2, -0.15) is 0 Å². The van der Waals surface area contributed by atoms with Crippen LogP contribution in [0.2, 0.25) is 5.02 Å². The van der Waals surface area contributed by atoms with E-state index in [0.29, 0.717) is 0 Å². The van der Waals surface area contributed by atoms with Gasteiger partial charge >= 0.3 is 5.97 Å². The Bertz CT molecular complexity index is 420. The summed E-state index contributed by atoms with van der Waals surface area (Å²) >= 11 is 5.72. The summed E-state index contributed by atoms with van der Waals surface area (Å²) in [6.07, 6.45) is 0. The van der Waals surface area contributed by atoms with Gasteiger partial charge in [0.25, 0.3) is 0 Å². The lowest BCUT2D eigenvalue weighted by Crippen LogP contribution is -2.06. The van der Waals surface area contributed by atoms with Crippen LogP contribution in [0.25, 0.3) is 0 Å². The van der Waals surface area contributed by atoms with Crippen molar-refractivity contribution in [2.75, 3.05) is 13.7 Å². The van der Waals surface area contributed by atoms with Crippen molar-refractivity contribution in [1.82, 2.24) is 0 Å². The van der Waals surface area contributed by atoms with E-state index in [1.165, 1.54) is 13.2 Å². The highest BCUT2D eigenvalue weighted by atomic mass is 35.5. The molecule has 1 aromatic carbocycles. The van der Waals surface area contributed by atoms with Gasteiger partial charge in [-0.15, -0.1) is 0 Å². The standard InChI is InChI=1S/C10H10ClFO4/c1-3-16-5-4-6(15-2)9(12)7(8(5)11)10(13)14/h4H,3H2,1-2H3,(H,13,14). The van der Waals surface area contributed by atoms with E-state index in [1.54, 1.807) is 6.92 Å². The molecule has 0 atom stereocenters. The maximum atomic E-state index is 13.6. The number of ether oxygens (including phenoxy) is 2. The summed E-state index contributed by atoms with van der Waals surface area (Å²) in [5.74, 6) is -2.61. The highest BCUT2D eigenvalue weighted by Gasteiger charge is 2.23. The monoisotopic (exact) mass is 248 g/mol. The van der Waals surface area contributed by atoms with Crippen molar-refractivity contribution in [3.63, 3.8) is 0 Å². The number of benzene rings is 1. The normalized spacial score (nSPS) is 10.0. The maximum absolute atomic E-state index is 13.6. The minimum atomic E-state index is -1.47. The smallest absolute Gasteiger partial charge is 0.340 e. The fraction of sp³-hybridized carbons (Fsp3) is 0.300. The molecule has 0 heterocycles. The van der Waals surface area contributed by atoms with Crippen molar-refractivity contribution in [2.24, 2.45) is 0 Å². The lowest BCUT2D eigenvalue weighted by Gasteiger charge is -2.11. The molecule has 0 bridgehead atoms. The molecule has 0 aromatic heterocycles. The predicted octanol–water partition coefficient (Wildman–Crippen LogP) is 2.58. The zero-order valence-corrected chi connectivity index (χ0v) is 9.47. The van der Waals surface area contributed by atoms with Gasteiger partial charge in [-0.1, -0.05) is 11.6 Å². The van der Waals surface area contributed by atoms with Crippen LogP contribution in [0, 0.1) is 5.82 Å². The summed E-state index contributed by atoms with van der Waals surface area (Å²) < 4.78 is 23.3. The summed E-state index contributed by atoms with van der Waals surface area (Å²) in [5, 5.41) is 8.55. The Balaban J connectivity index is 3.45. The van der Waals surface area contributed by atoms with Crippen LogP contribution in [0.5, 0.6) is 11.5 Å². The van der Waals surface area contributed by atoms with Crippen LogP contribution in [-0.4, -0.2) is 24.8 Å². The molecule has 0 aliphatic heterocycles. The first-order chi connectivity index (χ1) is 7.52. The minimum absolute atomic E-state index is 0.0832. The van der Waals surface area contributed by atoms with Gasteiger partial charge in [0.1, 0.15) is 16.3 Å². The van der Waals surface area contributed by atoms with Gasteiger partial charge in [-0.3, -0.25) is 0 Å². The molecular weight excluding hydrogens is 239 g/mol. The molecule has 0 aliphatic rings. The molecule has 88 valence electrons. The molecule has 0 saturated heterocycles. The van der Waals surface area contributed by atoms with E-state index in [-0.39, 0.29) is 23.1 Å². The zero-order valence-electron chi connectivity index (χ0n) is 8.71. The molecule has 1 N–H and O–H groups in total. The predicted molar refractivity (Wildman–Crippen MR) is 56.1 cm³/mol. The highest BCUT2D eigenvalue weighted by molar-refractivity contribution is 6.35. The number of hydrogen-bond donors (Lipinski definition) is 1. The molecular formula is C10H10ClFO4. The first kappa shape index (κ1) is 12.6. The quantitative estimate of drug-likeness (QED) is 0.890. The molecule has 0 spiro atoms. The van der Waals surface area contributed by atoms with Gasteiger partial charge < -0.3 is 14.6 Å². The van der Waals surface area contributed by atoms with Crippen molar-refractivity contribution in [1.29, 1.82) is 0 Å². The molecule has 6 heteroatoms. The zero-order chi connectivity index (χ0) is 12.3. The van der Waals surface area contributed by atoms with Gasteiger partial charge in [0.2, 0.25) is 0 Å². The number of rotatable bonds is 4. The Kier molecular flexibility index (Phi) is 3.95. The third-order valence-electron chi connectivity index (χ3n) is 1.87. The molecule has 0 saturated carbocycles. The number of halogens is 2. The van der Waals surface area contributed by atoms with Crippen LogP contribution in [0.15, 0.2) is 6.07 Å². The Labute approximate surface area is 96.5 Å². The molecule has 16 heavy (non-hydrogen) atoms. The van der Waals surface area contributed by atoms with Crippen LogP contribution in [0.3, 0.4) is 0 Å². The highest BCUT2D eigenvalue weighted by Crippen LogP contribution is 2.36. The number of hydrogen-bond acceptors (Lipinski definition) is 3. The van der Waals surface area contributed by atoms with E-state index in [2.05, 4.69) is 0 Å². The lowest BCUT2D eigenvalue weighted by molar-refractivity contribution is 0.0690. The van der Waals surface area contributed by atoms with E-state index in [4.69, 9.17) is 26.2 Å². The summed E-state index contributed by atoms with van der Waals surface area (Å²) in [4.78, 5) is 10.8. The molecule has 0 fully saturated rings. The fourth-order valence-corrected chi connectivity index (χ4v) is 1.46. The summed E-state index contributed by atoms with van der Waals surface area (Å²) in [6.45, 7) is 1.99. The van der Waals surface area contributed by atoms with Crippen LogP contribution < -0.4 is 9.47 Å². The Hall–Kier alpha value is -1.49. The number of carboxylic acids is 1. The second kappa shape index (κ2) is 5.03. The van der Waals surface area contributed by atoms with E-state index in [0.717, 1.165) is 0 Å². The average molecular weight is 249 g/mol. The van der Waals surface area contributed by atoms with Crippen molar-refractivity contribution in [3.8, 4) is 11.5 Å². The van der Waals surface area contributed by atoms with Gasteiger partial charge in [-0.25, -0.2) is 9.18 Å². The topological polar surface area (TPSA) is 55.8 Å². The number of methoxy groups -OCH3 is 1. The molecule has 0 aliphatic carbocycles. The summed E-state index contributed by atoms with van der Waals surface area (Å²) in [7, 11) is 1.23. The van der Waals surface area contributed by atoms with Crippen LogP contribution in [-0.2, 0) is 0 Å². The van der Waals surface area contributed by atoms with Crippen molar-refractivity contribution < 1.29 is 23.8 Å². The third kappa shape index (κ3) is 2.19. The molecule has 0 unspecified atom stereocenters. The molecule has 0 amide bonds. The van der Waals surface area contributed by atoms with E-state index < -0.39 is 17.3 Å². The Morgan fingerprint density at radius 2 is 2.19 bits per heavy atom. The molecule has 0 radical (unpaired) electrons. The average Bonchev–Trinajstić information content (AvgIpc) is 2.22. The largest absolute Gasteiger partial charge is 0.494 e. The lowest BCUT2D eigenvalue weighted by atomic mass is 10.2. The third-order valence-corrected chi connectivity index (χ3v) is 2.24. The number of aromatic carboxylic acids is 1. The SMILES string of the molecule is CCOc1cc(OC)c(F)c(C(=O)O)c1Cl. The number of carbonyl (C=O) groups is 1. The summed E-state index contributed by atoms with van der Waals surface area (Å²) in [6, 6.07) is 1.22. The minimum Gasteiger partial charge on any atom is -0.494 e. The second-order valence-corrected chi connectivity index (χ2v) is 3.20.